The molecule has 0 aromatic heterocycles. The van der Waals surface area contributed by atoms with E-state index in [0.29, 0.717) is 45.1 Å². The van der Waals surface area contributed by atoms with Crippen LogP contribution in [0.3, 0.4) is 0 Å². The molecular weight excluding hydrogens is 753 g/mol. The first-order valence-electron chi connectivity index (χ1n) is 25.9. The summed E-state index contributed by atoms with van der Waals surface area (Å²) >= 11 is 0. The average Bonchev–Trinajstić information content (AvgIpc) is 3.24. The van der Waals surface area contributed by atoms with E-state index in [1.807, 2.05) is 0 Å². The molecule has 9 heteroatoms. The zero-order valence-electron chi connectivity index (χ0n) is 40.7. The van der Waals surface area contributed by atoms with Gasteiger partial charge in [0.05, 0.1) is 6.61 Å². The number of ether oxygens (including phenoxy) is 4. The van der Waals surface area contributed by atoms with Crippen molar-refractivity contribution in [3.63, 3.8) is 0 Å². The second kappa shape index (κ2) is 45.2. The van der Waals surface area contributed by atoms with Crippen molar-refractivity contribution in [3.8, 4) is 0 Å². The van der Waals surface area contributed by atoms with Gasteiger partial charge in [-0.15, -0.1) is 0 Å². The van der Waals surface area contributed by atoms with E-state index in [1.165, 1.54) is 103 Å². The van der Waals surface area contributed by atoms with Crippen molar-refractivity contribution in [2.24, 2.45) is 5.92 Å². The second-order valence-electron chi connectivity index (χ2n) is 17.6. The van der Waals surface area contributed by atoms with Gasteiger partial charge in [0.2, 0.25) is 0 Å². The van der Waals surface area contributed by atoms with E-state index in [0.717, 1.165) is 110 Å². The molecule has 0 radical (unpaired) electrons. The lowest BCUT2D eigenvalue weighted by Gasteiger charge is -2.26. The largest absolute Gasteiger partial charge is 0.508 e. The number of nitrogens with zero attached hydrogens (tertiary/aromatic N) is 2. The Kier molecular flexibility index (Phi) is 43.8. The van der Waals surface area contributed by atoms with E-state index < -0.39 is 6.16 Å². The fourth-order valence-corrected chi connectivity index (χ4v) is 7.90. The summed E-state index contributed by atoms with van der Waals surface area (Å²) < 4.78 is 22.8. The molecule has 0 spiro atoms. The predicted octanol–water partition coefficient (Wildman–Crippen LogP) is 14.0. The van der Waals surface area contributed by atoms with Gasteiger partial charge in [-0.2, -0.15) is 0 Å². The zero-order chi connectivity index (χ0) is 44.2. The molecular formula is C51H100N2O7. The maximum absolute atomic E-state index is 12.8. The minimum absolute atomic E-state index is 0.0156. The molecule has 0 aromatic carbocycles. The third-order valence-electron chi connectivity index (χ3n) is 12.1. The molecule has 0 saturated carbocycles. The van der Waals surface area contributed by atoms with Crippen molar-refractivity contribution in [2.75, 3.05) is 59.1 Å². The molecule has 2 atom stereocenters. The van der Waals surface area contributed by atoms with Crippen LogP contribution in [0.2, 0.25) is 0 Å². The van der Waals surface area contributed by atoms with Gasteiger partial charge in [0.15, 0.2) is 0 Å². The minimum Gasteiger partial charge on any atom is -0.465 e. The third kappa shape index (κ3) is 39.0. The number of likely N-dealkylation sites (N-methyl/N-ethyl adjacent to an activating group) is 1. The van der Waals surface area contributed by atoms with Crippen LogP contribution >= 0.6 is 0 Å². The molecule has 0 aromatic rings. The smallest absolute Gasteiger partial charge is 0.465 e. The summed E-state index contributed by atoms with van der Waals surface area (Å²) in [6.45, 7) is 19.3. The van der Waals surface area contributed by atoms with Crippen molar-refractivity contribution < 1.29 is 33.3 Å². The molecule has 0 amide bonds. The van der Waals surface area contributed by atoms with Gasteiger partial charge in [-0.3, -0.25) is 14.5 Å². The van der Waals surface area contributed by atoms with Gasteiger partial charge in [0.25, 0.3) is 0 Å². The molecule has 0 bridgehead atoms. The monoisotopic (exact) mass is 853 g/mol. The fraction of sp³-hybridized carbons (Fsp3) is 0.941. The molecule has 356 valence electrons. The fourth-order valence-electron chi connectivity index (χ4n) is 7.90. The first kappa shape index (κ1) is 58.1. The van der Waals surface area contributed by atoms with Crippen molar-refractivity contribution in [3.05, 3.63) is 0 Å². The summed E-state index contributed by atoms with van der Waals surface area (Å²) in [4.78, 5) is 42.2. The highest BCUT2D eigenvalue weighted by Crippen LogP contribution is 2.21. The molecule has 0 heterocycles. The lowest BCUT2D eigenvalue weighted by molar-refractivity contribution is -0.145. The molecule has 0 saturated heterocycles. The third-order valence-corrected chi connectivity index (χ3v) is 12.1. The van der Waals surface area contributed by atoms with E-state index >= 15 is 0 Å². The first-order valence-corrected chi connectivity index (χ1v) is 25.9. The Bertz CT molecular complexity index is 946. The van der Waals surface area contributed by atoms with Crippen LogP contribution in [0.5, 0.6) is 0 Å². The highest BCUT2D eigenvalue weighted by Gasteiger charge is 2.17. The maximum Gasteiger partial charge on any atom is 0.508 e. The lowest BCUT2D eigenvalue weighted by atomic mass is 9.95. The number of carbonyl (C=O) groups is 3. The molecule has 0 fully saturated rings. The van der Waals surface area contributed by atoms with Gasteiger partial charge in [0.1, 0.15) is 19.3 Å². The van der Waals surface area contributed by atoms with E-state index in [2.05, 4.69) is 51.3 Å². The van der Waals surface area contributed by atoms with Crippen LogP contribution in [0.1, 0.15) is 241 Å². The van der Waals surface area contributed by atoms with Gasteiger partial charge in [-0.1, -0.05) is 176 Å². The quantitative estimate of drug-likeness (QED) is 0.0337. The Morgan fingerprint density at radius 3 is 1.30 bits per heavy atom. The van der Waals surface area contributed by atoms with Gasteiger partial charge in [-0.25, -0.2) is 4.79 Å². The van der Waals surface area contributed by atoms with Crippen LogP contribution in [-0.2, 0) is 28.5 Å². The summed E-state index contributed by atoms with van der Waals surface area (Å²) in [5.41, 5.74) is 0. The van der Waals surface area contributed by atoms with Crippen LogP contribution in [-0.4, -0.2) is 93.1 Å². The zero-order valence-corrected chi connectivity index (χ0v) is 40.7. The number of unbranched alkanes of at least 4 members (excludes halogenated alkanes) is 20. The van der Waals surface area contributed by atoms with Crippen molar-refractivity contribution in [1.82, 2.24) is 9.80 Å². The SMILES string of the molecule is CCCCCCCCC(CCCCCC)COC(=O)CCCCCCCCCC(CCCCC)OC(=O)OCCN(CCOC(=O)CCCCCCC)CCN(CC)CC. The van der Waals surface area contributed by atoms with Gasteiger partial charge in [0, 0.05) is 39.0 Å². The Morgan fingerprint density at radius 1 is 0.400 bits per heavy atom. The number of esters is 2. The topological polar surface area (TPSA) is 94.6 Å². The minimum atomic E-state index is -0.575. The Labute approximate surface area is 371 Å². The van der Waals surface area contributed by atoms with E-state index in [-0.39, 0.29) is 24.6 Å². The molecule has 9 nitrogen and oxygen atoms in total. The first-order chi connectivity index (χ1) is 29.3. The van der Waals surface area contributed by atoms with E-state index in [9.17, 15) is 14.4 Å². The summed E-state index contributed by atoms with van der Waals surface area (Å²) in [6.07, 6.45) is 33.9. The van der Waals surface area contributed by atoms with Crippen molar-refractivity contribution in [1.29, 1.82) is 0 Å². The predicted molar refractivity (Wildman–Crippen MR) is 252 cm³/mol. The molecule has 0 rings (SSSR count). The molecule has 0 aliphatic carbocycles. The maximum atomic E-state index is 12.8. The van der Waals surface area contributed by atoms with Crippen molar-refractivity contribution in [2.45, 2.75) is 247 Å². The molecule has 2 unspecified atom stereocenters. The summed E-state index contributed by atoms with van der Waals surface area (Å²) in [5.74, 6) is 0.384. The highest BCUT2D eigenvalue weighted by molar-refractivity contribution is 5.69. The summed E-state index contributed by atoms with van der Waals surface area (Å²) in [6, 6.07) is 0. The van der Waals surface area contributed by atoms with Crippen LogP contribution in [0.4, 0.5) is 4.79 Å². The van der Waals surface area contributed by atoms with Gasteiger partial charge < -0.3 is 23.8 Å². The number of hydrogen-bond donors (Lipinski definition) is 0. The molecule has 0 aliphatic rings. The van der Waals surface area contributed by atoms with Gasteiger partial charge in [-0.05, 0) is 70.4 Å². The van der Waals surface area contributed by atoms with Crippen LogP contribution in [0.25, 0.3) is 0 Å². The summed E-state index contributed by atoms with van der Waals surface area (Å²) in [5, 5.41) is 0. The average molecular weight is 853 g/mol. The number of rotatable bonds is 46. The Balaban J connectivity index is 4.49. The van der Waals surface area contributed by atoms with Crippen LogP contribution < -0.4 is 0 Å². The molecule has 0 aliphatic heterocycles. The van der Waals surface area contributed by atoms with E-state index in [1.54, 1.807) is 0 Å². The van der Waals surface area contributed by atoms with Crippen molar-refractivity contribution >= 4 is 18.1 Å². The lowest BCUT2D eigenvalue weighted by Crippen LogP contribution is -2.39. The highest BCUT2D eigenvalue weighted by atomic mass is 16.7. The number of carbonyl (C=O) groups excluding carboxylic acids is 3. The molecule has 0 N–H and O–H groups in total. The van der Waals surface area contributed by atoms with Crippen LogP contribution in [0.15, 0.2) is 0 Å². The Hall–Kier alpha value is -1.87. The number of hydrogen-bond acceptors (Lipinski definition) is 9. The standard InChI is InChI=1S/C51H100N2O7/c1-7-13-17-20-25-30-35-47(34-29-19-15-9-3)46-59-50(55)39-33-27-23-21-22-26-31-37-48(36-28-16-10-4)60-51(56)58-45-43-53(41-40-52(11-5)12-6)42-44-57-49(54)38-32-24-18-14-8-2/h47-48H,7-46H2,1-6H3. The van der Waals surface area contributed by atoms with Crippen LogP contribution in [0, 0.1) is 5.92 Å². The second-order valence-corrected chi connectivity index (χ2v) is 17.6. The summed E-state index contributed by atoms with van der Waals surface area (Å²) in [7, 11) is 0. The van der Waals surface area contributed by atoms with E-state index in [4.69, 9.17) is 18.9 Å². The molecule has 60 heavy (non-hydrogen) atoms. The van der Waals surface area contributed by atoms with Gasteiger partial charge >= 0.3 is 18.1 Å². The normalized spacial score (nSPS) is 12.5. The Morgan fingerprint density at radius 2 is 0.783 bits per heavy atom.